The van der Waals surface area contributed by atoms with E-state index in [1.807, 2.05) is 24.3 Å². The zero-order valence-corrected chi connectivity index (χ0v) is 11.5. The van der Waals surface area contributed by atoms with Crippen molar-refractivity contribution in [2.75, 3.05) is 0 Å². The van der Waals surface area contributed by atoms with Crippen LogP contribution < -0.4 is 4.74 Å². The molecule has 1 aromatic carbocycles. The highest BCUT2D eigenvalue weighted by atomic mass is 16.5. The van der Waals surface area contributed by atoms with Gasteiger partial charge in [0.05, 0.1) is 6.10 Å². The first-order valence-corrected chi connectivity index (χ1v) is 6.48. The van der Waals surface area contributed by atoms with Crippen LogP contribution in [-0.4, -0.2) is 10.1 Å². The Hall–Kier alpha value is -1.87. The number of aliphatic hydroxyl groups is 1. The fourth-order valence-corrected chi connectivity index (χ4v) is 1.76. The molecule has 0 radical (unpaired) electrons. The number of aliphatic hydroxyl groups excluding tert-OH is 1. The van der Waals surface area contributed by atoms with E-state index in [0.717, 1.165) is 11.3 Å². The summed E-state index contributed by atoms with van der Waals surface area (Å²) in [7, 11) is 0. The Morgan fingerprint density at radius 1 is 1.05 bits per heavy atom. The molecule has 1 atom stereocenters. The minimum atomic E-state index is -0.509. The van der Waals surface area contributed by atoms with Gasteiger partial charge in [-0.3, -0.25) is 0 Å². The van der Waals surface area contributed by atoms with Crippen LogP contribution in [0.5, 0.6) is 11.6 Å². The molecule has 0 bridgehead atoms. The van der Waals surface area contributed by atoms with E-state index in [0.29, 0.717) is 11.8 Å². The van der Waals surface area contributed by atoms with Gasteiger partial charge in [-0.15, -0.1) is 0 Å². The van der Waals surface area contributed by atoms with Crippen LogP contribution in [0.1, 0.15) is 43.9 Å². The first-order valence-electron chi connectivity index (χ1n) is 6.48. The van der Waals surface area contributed by atoms with Gasteiger partial charge >= 0.3 is 0 Å². The molecule has 2 aromatic rings. The van der Waals surface area contributed by atoms with E-state index in [1.54, 1.807) is 19.2 Å². The number of hydrogen-bond donors (Lipinski definition) is 1. The topological polar surface area (TPSA) is 42.4 Å². The van der Waals surface area contributed by atoms with Crippen molar-refractivity contribution in [2.45, 2.75) is 32.8 Å². The summed E-state index contributed by atoms with van der Waals surface area (Å²) in [5.74, 6) is 1.78. The average Bonchev–Trinajstić information content (AvgIpc) is 2.39. The quantitative estimate of drug-likeness (QED) is 0.898. The van der Waals surface area contributed by atoms with Crippen LogP contribution in [0.2, 0.25) is 0 Å². The molecule has 0 spiro atoms. The summed E-state index contributed by atoms with van der Waals surface area (Å²) in [5.41, 5.74) is 2.02. The van der Waals surface area contributed by atoms with Gasteiger partial charge in [0.1, 0.15) is 5.75 Å². The van der Waals surface area contributed by atoms with E-state index in [2.05, 4.69) is 24.9 Å². The van der Waals surface area contributed by atoms with E-state index < -0.39 is 6.10 Å². The van der Waals surface area contributed by atoms with Crippen LogP contribution in [0.4, 0.5) is 0 Å². The number of aromatic nitrogens is 1. The summed E-state index contributed by atoms with van der Waals surface area (Å²) in [5, 5.41) is 9.42. The van der Waals surface area contributed by atoms with E-state index in [-0.39, 0.29) is 0 Å². The average molecular weight is 257 g/mol. The summed E-state index contributed by atoms with van der Waals surface area (Å²) in [6.07, 6.45) is 1.12. The molecule has 100 valence electrons. The summed E-state index contributed by atoms with van der Waals surface area (Å²) < 4.78 is 5.71. The van der Waals surface area contributed by atoms with Gasteiger partial charge in [-0.1, -0.05) is 26.0 Å². The Labute approximate surface area is 113 Å². The molecule has 2 rings (SSSR count). The van der Waals surface area contributed by atoms with Gasteiger partial charge in [-0.25, -0.2) is 4.98 Å². The zero-order valence-electron chi connectivity index (χ0n) is 11.5. The van der Waals surface area contributed by atoms with E-state index in [9.17, 15) is 5.11 Å². The SMILES string of the molecule is CC(C)c1cccc(Oc2ccc(C(C)O)cn2)c1. The Morgan fingerprint density at radius 2 is 1.84 bits per heavy atom. The molecular weight excluding hydrogens is 238 g/mol. The van der Waals surface area contributed by atoms with Crippen molar-refractivity contribution in [3.8, 4) is 11.6 Å². The molecule has 1 aromatic heterocycles. The molecule has 1 heterocycles. The van der Waals surface area contributed by atoms with Gasteiger partial charge in [-0.05, 0) is 42.2 Å². The van der Waals surface area contributed by atoms with Gasteiger partial charge in [0.25, 0.3) is 0 Å². The maximum Gasteiger partial charge on any atom is 0.219 e. The maximum absolute atomic E-state index is 9.42. The van der Waals surface area contributed by atoms with Gasteiger partial charge < -0.3 is 9.84 Å². The third kappa shape index (κ3) is 3.55. The van der Waals surface area contributed by atoms with Crippen LogP contribution in [0.3, 0.4) is 0 Å². The molecule has 0 saturated heterocycles. The van der Waals surface area contributed by atoms with E-state index in [1.165, 1.54) is 5.56 Å². The lowest BCUT2D eigenvalue weighted by Crippen LogP contribution is -1.94. The van der Waals surface area contributed by atoms with Crippen LogP contribution >= 0.6 is 0 Å². The second-order valence-electron chi connectivity index (χ2n) is 4.93. The predicted octanol–water partition coefficient (Wildman–Crippen LogP) is 4.05. The molecule has 0 amide bonds. The van der Waals surface area contributed by atoms with E-state index >= 15 is 0 Å². The number of hydrogen-bond acceptors (Lipinski definition) is 3. The van der Waals surface area contributed by atoms with Gasteiger partial charge in [0.2, 0.25) is 5.88 Å². The molecule has 0 aliphatic rings. The Kier molecular flexibility index (Phi) is 4.17. The minimum absolute atomic E-state index is 0.467. The smallest absolute Gasteiger partial charge is 0.219 e. The molecule has 1 N–H and O–H groups in total. The van der Waals surface area contributed by atoms with Crippen molar-refractivity contribution in [3.63, 3.8) is 0 Å². The molecule has 0 fully saturated rings. The number of pyridine rings is 1. The molecule has 3 nitrogen and oxygen atoms in total. The van der Waals surface area contributed by atoms with Crippen molar-refractivity contribution < 1.29 is 9.84 Å². The first kappa shape index (κ1) is 13.6. The largest absolute Gasteiger partial charge is 0.439 e. The summed E-state index contributed by atoms with van der Waals surface area (Å²) in [4.78, 5) is 4.19. The van der Waals surface area contributed by atoms with E-state index in [4.69, 9.17) is 4.74 Å². The molecule has 0 aliphatic carbocycles. The first-order chi connectivity index (χ1) is 9.06. The predicted molar refractivity (Wildman–Crippen MR) is 75.5 cm³/mol. The highest BCUT2D eigenvalue weighted by Crippen LogP contribution is 2.24. The molecule has 3 heteroatoms. The van der Waals surface area contributed by atoms with Crippen molar-refractivity contribution in [3.05, 3.63) is 53.7 Å². The fraction of sp³-hybridized carbons (Fsp3) is 0.312. The van der Waals surface area contributed by atoms with Crippen LogP contribution in [0, 0.1) is 0 Å². The minimum Gasteiger partial charge on any atom is -0.439 e. The van der Waals surface area contributed by atoms with Crippen LogP contribution in [0.15, 0.2) is 42.6 Å². The molecule has 19 heavy (non-hydrogen) atoms. The van der Waals surface area contributed by atoms with Crippen molar-refractivity contribution in [1.29, 1.82) is 0 Å². The number of rotatable bonds is 4. The Morgan fingerprint density at radius 3 is 2.42 bits per heavy atom. The number of ether oxygens (including phenoxy) is 1. The highest BCUT2D eigenvalue weighted by Gasteiger charge is 2.05. The van der Waals surface area contributed by atoms with Gasteiger partial charge in [-0.2, -0.15) is 0 Å². The van der Waals surface area contributed by atoms with Crippen molar-refractivity contribution in [2.24, 2.45) is 0 Å². The second-order valence-corrected chi connectivity index (χ2v) is 4.93. The third-order valence-corrected chi connectivity index (χ3v) is 2.99. The number of nitrogens with zero attached hydrogens (tertiary/aromatic N) is 1. The lowest BCUT2D eigenvalue weighted by molar-refractivity contribution is 0.198. The molecule has 0 aliphatic heterocycles. The maximum atomic E-state index is 9.42. The van der Waals surface area contributed by atoms with Crippen LogP contribution in [0.25, 0.3) is 0 Å². The van der Waals surface area contributed by atoms with Crippen LogP contribution in [-0.2, 0) is 0 Å². The fourth-order valence-electron chi connectivity index (χ4n) is 1.76. The number of benzene rings is 1. The Bertz CT molecular complexity index is 533. The molecule has 0 saturated carbocycles. The zero-order chi connectivity index (χ0) is 13.8. The normalized spacial score (nSPS) is 12.5. The summed E-state index contributed by atoms with van der Waals surface area (Å²) in [6, 6.07) is 11.6. The van der Waals surface area contributed by atoms with Gasteiger partial charge in [0, 0.05) is 12.3 Å². The van der Waals surface area contributed by atoms with Gasteiger partial charge in [0.15, 0.2) is 0 Å². The lowest BCUT2D eigenvalue weighted by Gasteiger charge is -2.10. The van der Waals surface area contributed by atoms with Crippen molar-refractivity contribution in [1.82, 2.24) is 4.98 Å². The standard InChI is InChI=1S/C16H19NO2/c1-11(2)13-5-4-6-15(9-13)19-16-8-7-14(10-17-16)12(3)18/h4-12,18H,1-3H3. The third-order valence-electron chi connectivity index (χ3n) is 2.99. The van der Waals surface area contributed by atoms with Crippen molar-refractivity contribution >= 4 is 0 Å². The summed E-state index contributed by atoms with van der Waals surface area (Å²) in [6.45, 7) is 6.01. The highest BCUT2D eigenvalue weighted by molar-refractivity contribution is 5.33. The summed E-state index contributed by atoms with van der Waals surface area (Å²) >= 11 is 0. The monoisotopic (exact) mass is 257 g/mol. The Balaban J connectivity index is 2.14. The molecular formula is C16H19NO2. The molecule has 1 unspecified atom stereocenters. The lowest BCUT2D eigenvalue weighted by atomic mass is 10.0. The second kappa shape index (κ2) is 5.85.